The van der Waals surface area contributed by atoms with Crippen molar-refractivity contribution in [3.63, 3.8) is 0 Å². The van der Waals surface area contributed by atoms with Crippen molar-refractivity contribution in [3.8, 4) is 0 Å². The lowest BCUT2D eigenvalue weighted by atomic mass is 9.66. The predicted octanol–water partition coefficient (Wildman–Crippen LogP) is 1.68. The van der Waals surface area contributed by atoms with Crippen LogP contribution in [0.25, 0.3) is 0 Å². The highest BCUT2D eigenvalue weighted by Gasteiger charge is 2.78. The fourth-order valence-corrected chi connectivity index (χ4v) is 5.71. The van der Waals surface area contributed by atoms with E-state index in [0.29, 0.717) is 32.4 Å². The minimum absolute atomic E-state index is 0.0154. The summed E-state index contributed by atoms with van der Waals surface area (Å²) >= 11 is 0. The highest BCUT2D eigenvalue weighted by atomic mass is 16.6. The lowest BCUT2D eigenvalue weighted by Gasteiger charge is -2.36. The van der Waals surface area contributed by atoms with E-state index in [1.54, 1.807) is 17.1 Å². The second-order valence-electron chi connectivity index (χ2n) is 9.15. The van der Waals surface area contributed by atoms with Crippen molar-refractivity contribution in [3.05, 3.63) is 25.3 Å². The van der Waals surface area contributed by atoms with Crippen LogP contribution in [0, 0.1) is 11.8 Å². The molecule has 3 aliphatic heterocycles. The Bertz CT molecular complexity index is 770. The highest BCUT2D eigenvalue weighted by Crippen LogP contribution is 2.63. The van der Waals surface area contributed by atoms with Crippen LogP contribution in [0.15, 0.2) is 25.3 Å². The summed E-state index contributed by atoms with van der Waals surface area (Å²) in [5.41, 5.74) is -1.95. The maximum absolute atomic E-state index is 13.8. The van der Waals surface area contributed by atoms with Gasteiger partial charge in [0.1, 0.15) is 17.6 Å². The van der Waals surface area contributed by atoms with Crippen molar-refractivity contribution in [2.75, 3.05) is 32.8 Å². The summed E-state index contributed by atoms with van der Waals surface area (Å²) in [6, 6.07) is -0.878. The minimum Gasteiger partial charge on any atom is -0.465 e. The Morgan fingerprint density at radius 2 is 2.09 bits per heavy atom. The molecule has 0 aliphatic carbocycles. The molecule has 0 saturated carbocycles. The fraction of sp³-hybridized carbons (Fsp3) is 0.708. The Morgan fingerprint density at radius 3 is 2.72 bits per heavy atom. The summed E-state index contributed by atoms with van der Waals surface area (Å²) in [6.45, 7) is 12.1. The number of β-amino-alcohol motifs (C(OH)–C–C–N with tert-alkyl or cyclic N) is 1. The Balaban J connectivity index is 1.98. The largest absolute Gasteiger partial charge is 0.465 e. The molecule has 1 spiro atoms. The van der Waals surface area contributed by atoms with Gasteiger partial charge in [0.15, 0.2) is 0 Å². The summed E-state index contributed by atoms with van der Waals surface area (Å²) in [5.74, 6) is -2.58. The van der Waals surface area contributed by atoms with E-state index in [0.717, 1.165) is 12.8 Å². The quantitative estimate of drug-likeness (QED) is 0.277. The van der Waals surface area contributed by atoms with Gasteiger partial charge in [-0.15, -0.1) is 13.2 Å². The molecule has 3 fully saturated rings. The SMILES string of the molecule is C=CCCOC(=O)[C@H]1[C@H]2C(=O)N(CCO)C(C(=O)N(CC=C)CCCC)C23CC[C@]1(C)O3. The molecule has 32 heavy (non-hydrogen) atoms. The van der Waals surface area contributed by atoms with E-state index in [9.17, 15) is 19.5 Å². The number of aliphatic hydroxyl groups excluding tert-OH is 1. The Kier molecular flexibility index (Phi) is 7.45. The standard InChI is InChI=1S/C24H36N2O6/c1-5-8-13-25(12-7-3)21(29)19-24-11-10-23(4,32-24)18(22(30)31-16-9-6-2)17(24)20(28)26(19)14-15-27/h6-7,17-19,27H,2-3,5,8-16H2,1,4H3/t17-,18+,19?,23-,24?/m0/s1. The molecule has 2 bridgehead atoms. The van der Waals surface area contributed by atoms with Gasteiger partial charge in [0, 0.05) is 19.6 Å². The van der Waals surface area contributed by atoms with Crippen molar-refractivity contribution in [1.82, 2.24) is 9.80 Å². The average molecular weight is 449 g/mol. The Hall–Kier alpha value is -2.19. The summed E-state index contributed by atoms with van der Waals surface area (Å²) in [5, 5.41) is 9.65. The van der Waals surface area contributed by atoms with Crippen LogP contribution in [0.2, 0.25) is 0 Å². The van der Waals surface area contributed by atoms with Gasteiger partial charge >= 0.3 is 5.97 Å². The van der Waals surface area contributed by atoms with E-state index in [1.165, 1.54) is 4.90 Å². The van der Waals surface area contributed by atoms with E-state index < -0.39 is 35.0 Å². The van der Waals surface area contributed by atoms with Gasteiger partial charge in [-0.3, -0.25) is 14.4 Å². The third-order valence-electron chi connectivity index (χ3n) is 7.11. The van der Waals surface area contributed by atoms with Crippen LogP contribution in [0.5, 0.6) is 0 Å². The van der Waals surface area contributed by atoms with E-state index in [4.69, 9.17) is 9.47 Å². The van der Waals surface area contributed by atoms with E-state index >= 15 is 0 Å². The van der Waals surface area contributed by atoms with Gasteiger partial charge < -0.3 is 24.4 Å². The molecule has 0 aromatic carbocycles. The van der Waals surface area contributed by atoms with Crippen molar-refractivity contribution in [2.24, 2.45) is 11.8 Å². The van der Waals surface area contributed by atoms with Crippen molar-refractivity contribution in [1.29, 1.82) is 0 Å². The van der Waals surface area contributed by atoms with Crippen LogP contribution in [0.3, 0.4) is 0 Å². The van der Waals surface area contributed by atoms with Gasteiger partial charge in [-0.05, 0) is 32.6 Å². The first-order valence-electron chi connectivity index (χ1n) is 11.6. The van der Waals surface area contributed by atoms with Gasteiger partial charge in [0.05, 0.1) is 24.7 Å². The number of likely N-dealkylation sites (tertiary alicyclic amines) is 1. The molecule has 0 aromatic heterocycles. The summed E-state index contributed by atoms with van der Waals surface area (Å²) in [6.07, 6.45) is 6.67. The molecule has 178 valence electrons. The molecule has 3 rings (SSSR count). The van der Waals surface area contributed by atoms with Crippen molar-refractivity contribution in [2.45, 2.75) is 63.2 Å². The molecule has 2 amide bonds. The number of fused-ring (bicyclic) bond motifs is 1. The third kappa shape index (κ3) is 3.88. The number of unbranched alkanes of at least 4 members (excludes halogenated alkanes) is 1. The first-order valence-corrected chi connectivity index (χ1v) is 11.6. The molecule has 0 radical (unpaired) electrons. The maximum atomic E-state index is 13.8. The number of ether oxygens (including phenoxy) is 2. The van der Waals surface area contributed by atoms with Crippen LogP contribution in [-0.4, -0.2) is 82.8 Å². The normalized spacial score (nSPS) is 32.7. The molecule has 0 aromatic rings. The van der Waals surface area contributed by atoms with Crippen LogP contribution >= 0.6 is 0 Å². The molecule has 5 atom stereocenters. The summed E-state index contributed by atoms with van der Waals surface area (Å²) in [4.78, 5) is 43.5. The molecule has 3 aliphatic rings. The topological polar surface area (TPSA) is 96.4 Å². The van der Waals surface area contributed by atoms with Gasteiger partial charge in [0.25, 0.3) is 0 Å². The van der Waals surface area contributed by atoms with Crippen LogP contribution in [0.4, 0.5) is 0 Å². The second kappa shape index (κ2) is 9.75. The lowest BCUT2D eigenvalue weighted by molar-refractivity contribution is -0.160. The Labute approximate surface area is 190 Å². The maximum Gasteiger partial charge on any atom is 0.312 e. The molecular weight excluding hydrogens is 412 g/mol. The molecule has 8 nitrogen and oxygen atoms in total. The number of rotatable bonds is 12. The van der Waals surface area contributed by atoms with Crippen LogP contribution in [0.1, 0.15) is 46.0 Å². The fourth-order valence-electron chi connectivity index (χ4n) is 5.71. The van der Waals surface area contributed by atoms with Crippen molar-refractivity contribution >= 4 is 17.8 Å². The lowest BCUT2D eigenvalue weighted by Crippen LogP contribution is -2.56. The summed E-state index contributed by atoms with van der Waals surface area (Å²) in [7, 11) is 0. The van der Waals surface area contributed by atoms with Crippen LogP contribution < -0.4 is 0 Å². The minimum atomic E-state index is -1.09. The van der Waals surface area contributed by atoms with Crippen molar-refractivity contribution < 1.29 is 29.0 Å². The Morgan fingerprint density at radius 1 is 1.34 bits per heavy atom. The molecule has 2 unspecified atom stereocenters. The molecule has 1 N–H and O–H groups in total. The number of aliphatic hydroxyl groups is 1. The van der Waals surface area contributed by atoms with E-state index in [1.807, 2.05) is 13.8 Å². The van der Waals surface area contributed by atoms with Gasteiger partial charge in [0.2, 0.25) is 11.8 Å². The summed E-state index contributed by atoms with van der Waals surface area (Å²) < 4.78 is 11.9. The molecular formula is C24H36N2O6. The van der Waals surface area contributed by atoms with Gasteiger partial charge in [-0.25, -0.2) is 0 Å². The molecule has 3 saturated heterocycles. The van der Waals surface area contributed by atoms with E-state index in [-0.39, 0.29) is 31.6 Å². The number of hydrogen-bond acceptors (Lipinski definition) is 6. The second-order valence-corrected chi connectivity index (χ2v) is 9.15. The zero-order valence-electron chi connectivity index (χ0n) is 19.3. The molecule has 3 heterocycles. The molecule has 8 heteroatoms. The monoisotopic (exact) mass is 448 g/mol. The number of carbonyl (C=O) groups excluding carboxylic acids is 3. The third-order valence-corrected chi connectivity index (χ3v) is 7.11. The highest BCUT2D eigenvalue weighted by molar-refractivity contribution is 5.98. The van der Waals surface area contributed by atoms with Crippen LogP contribution in [-0.2, 0) is 23.9 Å². The first-order chi connectivity index (χ1) is 15.3. The number of amides is 2. The number of esters is 1. The number of nitrogens with zero attached hydrogens (tertiary/aromatic N) is 2. The van der Waals surface area contributed by atoms with Gasteiger partial charge in [-0.1, -0.05) is 25.5 Å². The predicted molar refractivity (Wildman–Crippen MR) is 118 cm³/mol. The smallest absolute Gasteiger partial charge is 0.312 e. The van der Waals surface area contributed by atoms with E-state index in [2.05, 4.69) is 13.2 Å². The number of carbonyl (C=O) groups is 3. The zero-order chi connectivity index (χ0) is 23.5. The number of hydrogen-bond donors (Lipinski definition) is 1. The first kappa shape index (κ1) is 24.5. The van der Waals surface area contributed by atoms with Gasteiger partial charge in [-0.2, -0.15) is 0 Å². The zero-order valence-corrected chi connectivity index (χ0v) is 19.3. The average Bonchev–Trinajstić information content (AvgIpc) is 3.32.